The molecule has 1 amide bonds. The van der Waals surface area contributed by atoms with Crippen molar-refractivity contribution in [2.75, 3.05) is 23.3 Å². The van der Waals surface area contributed by atoms with Crippen LogP contribution in [0.3, 0.4) is 0 Å². The molecule has 2 N–H and O–H groups in total. The average Bonchev–Trinajstić information content (AvgIpc) is 2.47. The van der Waals surface area contributed by atoms with E-state index in [1.165, 1.54) is 6.42 Å². The Morgan fingerprint density at radius 1 is 1.43 bits per heavy atom. The highest BCUT2D eigenvalue weighted by molar-refractivity contribution is 5.98. The zero-order valence-electron chi connectivity index (χ0n) is 12.6. The minimum Gasteiger partial charge on any atom is -0.478 e. The predicted molar refractivity (Wildman–Crippen MR) is 82.9 cm³/mol. The van der Waals surface area contributed by atoms with Crippen molar-refractivity contribution < 1.29 is 14.7 Å². The molecule has 0 aromatic heterocycles. The highest BCUT2D eigenvalue weighted by Gasteiger charge is 2.21. The van der Waals surface area contributed by atoms with E-state index in [-0.39, 0.29) is 11.5 Å². The van der Waals surface area contributed by atoms with Gasteiger partial charge in [-0.25, -0.2) is 4.79 Å². The fraction of sp³-hybridized carbons (Fsp3) is 0.500. The lowest BCUT2D eigenvalue weighted by Gasteiger charge is -2.33. The summed E-state index contributed by atoms with van der Waals surface area (Å²) in [5, 5.41) is 12.1. The first-order valence-corrected chi connectivity index (χ1v) is 7.43. The van der Waals surface area contributed by atoms with Crippen LogP contribution in [0.25, 0.3) is 0 Å². The van der Waals surface area contributed by atoms with Gasteiger partial charge in [0.2, 0.25) is 5.91 Å². The maximum atomic E-state index is 11.5. The Balaban J connectivity index is 2.28. The van der Waals surface area contributed by atoms with E-state index in [0.717, 1.165) is 25.2 Å². The molecule has 1 aliphatic rings. The summed E-state index contributed by atoms with van der Waals surface area (Å²) >= 11 is 0. The molecule has 0 aliphatic carbocycles. The first kappa shape index (κ1) is 15.4. The summed E-state index contributed by atoms with van der Waals surface area (Å²) in [6.45, 7) is 5.70. The molecule has 1 heterocycles. The van der Waals surface area contributed by atoms with Crippen molar-refractivity contribution in [2.45, 2.75) is 33.1 Å². The van der Waals surface area contributed by atoms with Crippen molar-refractivity contribution in [2.24, 2.45) is 5.92 Å². The molecule has 1 atom stereocenters. The molecule has 0 bridgehead atoms. The third-order valence-electron chi connectivity index (χ3n) is 3.83. The lowest BCUT2D eigenvalue weighted by atomic mass is 9.98. The number of carboxylic acids is 1. The summed E-state index contributed by atoms with van der Waals surface area (Å²) in [6.07, 6.45) is 2.63. The van der Waals surface area contributed by atoms with Crippen molar-refractivity contribution in [1.82, 2.24) is 0 Å². The van der Waals surface area contributed by atoms with Crippen molar-refractivity contribution >= 4 is 23.3 Å². The molecule has 5 nitrogen and oxygen atoms in total. The van der Waals surface area contributed by atoms with Gasteiger partial charge in [0.1, 0.15) is 0 Å². The Bertz CT molecular complexity index is 542. The van der Waals surface area contributed by atoms with Gasteiger partial charge in [-0.05, 0) is 37.0 Å². The second-order valence-corrected chi connectivity index (χ2v) is 5.63. The van der Waals surface area contributed by atoms with E-state index in [1.807, 2.05) is 0 Å². The fourth-order valence-corrected chi connectivity index (χ4v) is 2.72. The van der Waals surface area contributed by atoms with Crippen LogP contribution in [0.4, 0.5) is 11.4 Å². The number of carboxylic acid groups (broad SMARTS) is 1. The predicted octanol–water partition coefficient (Wildman–Crippen LogP) is 2.97. The molecule has 21 heavy (non-hydrogen) atoms. The second kappa shape index (κ2) is 6.61. The molecule has 1 aromatic carbocycles. The number of rotatable bonds is 4. The molecular weight excluding hydrogens is 268 g/mol. The summed E-state index contributed by atoms with van der Waals surface area (Å²) in [5.41, 5.74) is 1.52. The van der Waals surface area contributed by atoms with Gasteiger partial charge in [-0.3, -0.25) is 4.79 Å². The molecule has 1 fully saturated rings. The summed E-state index contributed by atoms with van der Waals surface area (Å²) in [7, 11) is 0. The van der Waals surface area contributed by atoms with Crippen LogP contribution in [-0.4, -0.2) is 30.1 Å². The SMILES string of the molecule is CCC(=O)Nc1ccc(N2CCC[C@@H](C)C2)c(C(=O)O)c1. The number of carbonyl (C=O) groups excluding carboxylic acids is 1. The van der Waals surface area contributed by atoms with E-state index in [9.17, 15) is 14.7 Å². The molecule has 1 aromatic rings. The molecule has 0 spiro atoms. The van der Waals surface area contributed by atoms with E-state index < -0.39 is 5.97 Å². The summed E-state index contributed by atoms with van der Waals surface area (Å²) in [5.74, 6) is -0.513. The lowest BCUT2D eigenvalue weighted by molar-refractivity contribution is -0.115. The number of amides is 1. The van der Waals surface area contributed by atoms with Crippen LogP contribution in [0.1, 0.15) is 43.5 Å². The minimum absolute atomic E-state index is 0.120. The summed E-state index contributed by atoms with van der Waals surface area (Å²) in [6, 6.07) is 5.12. The lowest BCUT2D eigenvalue weighted by Crippen LogP contribution is -2.35. The molecule has 2 rings (SSSR count). The van der Waals surface area contributed by atoms with Crippen molar-refractivity contribution in [1.29, 1.82) is 0 Å². The van der Waals surface area contributed by atoms with Crippen LogP contribution in [0.5, 0.6) is 0 Å². The van der Waals surface area contributed by atoms with E-state index >= 15 is 0 Å². The number of piperidine rings is 1. The van der Waals surface area contributed by atoms with Gasteiger partial charge in [0.25, 0.3) is 0 Å². The van der Waals surface area contributed by atoms with Crippen LogP contribution in [0, 0.1) is 5.92 Å². The number of hydrogen-bond donors (Lipinski definition) is 2. The minimum atomic E-state index is -0.962. The molecule has 0 saturated carbocycles. The second-order valence-electron chi connectivity index (χ2n) is 5.63. The normalized spacial score (nSPS) is 18.4. The maximum Gasteiger partial charge on any atom is 0.337 e. The van der Waals surface area contributed by atoms with Crippen LogP contribution < -0.4 is 10.2 Å². The van der Waals surface area contributed by atoms with Gasteiger partial charge >= 0.3 is 5.97 Å². The molecule has 5 heteroatoms. The smallest absolute Gasteiger partial charge is 0.337 e. The Morgan fingerprint density at radius 2 is 2.19 bits per heavy atom. The van der Waals surface area contributed by atoms with Crippen molar-refractivity contribution in [3.05, 3.63) is 23.8 Å². The van der Waals surface area contributed by atoms with Crippen LogP contribution in [0.2, 0.25) is 0 Å². The zero-order valence-corrected chi connectivity index (χ0v) is 12.6. The van der Waals surface area contributed by atoms with Crippen LogP contribution in [0.15, 0.2) is 18.2 Å². The van der Waals surface area contributed by atoms with E-state index in [2.05, 4.69) is 17.1 Å². The topological polar surface area (TPSA) is 69.6 Å². The van der Waals surface area contributed by atoms with Gasteiger partial charge in [0, 0.05) is 25.2 Å². The molecular formula is C16H22N2O3. The Labute approximate surface area is 125 Å². The quantitative estimate of drug-likeness (QED) is 0.894. The van der Waals surface area contributed by atoms with Gasteiger partial charge in [-0.1, -0.05) is 13.8 Å². The summed E-state index contributed by atoms with van der Waals surface area (Å²) < 4.78 is 0. The van der Waals surface area contributed by atoms with Gasteiger partial charge in [0.15, 0.2) is 0 Å². The zero-order chi connectivity index (χ0) is 15.4. The van der Waals surface area contributed by atoms with Gasteiger partial charge in [0.05, 0.1) is 11.3 Å². The molecule has 1 saturated heterocycles. The summed E-state index contributed by atoms with van der Waals surface area (Å²) in [4.78, 5) is 25.1. The number of benzene rings is 1. The fourth-order valence-electron chi connectivity index (χ4n) is 2.72. The molecule has 0 radical (unpaired) electrons. The van der Waals surface area contributed by atoms with E-state index in [1.54, 1.807) is 25.1 Å². The number of nitrogens with zero attached hydrogens (tertiary/aromatic N) is 1. The van der Waals surface area contributed by atoms with Crippen molar-refractivity contribution in [3.8, 4) is 0 Å². The highest BCUT2D eigenvalue weighted by Crippen LogP contribution is 2.28. The van der Waals surface area contributed by atoms with E-state index in [4.69, 9.17) is 0 Å². The number of nitrogens with one attached hydrogen (secondary N) is 1. The van der Waals surface area contributed by atoms with Crippen molar-refractivity contribution in [3.63, 3.8) is 0 Å². The number of hydrogen-bond acceptors (Lipinski definition) is 3. The van der Waals surface area contributed by atoms with Gasteiger partial charge in [-0.2, -0.15) is 0 Å². The largest absolute Gasteiger partial charge is 0.478 e. The van der Waals surface area contributed by atoms with Gasteiger partial charge in [-0.15, -0.1) is 0 Å². The molecule has 1 aliphatic heterocycles. The third kappa shape index (κ3) is 3.74. The number of anilines is 2. The average molecular weight is 290 g/mol. The maximum absolute atomic E-state index is 11.5. The Hall–Kier alpha value is -2.04. The molecule has 114 valence electrons. The first-order chi connectivity index (χ1) is 10.0. The van der Waals surface area contributed by atoms with Crippen LogP contribution in [-0.2, 0) is 4.79 Å². The Kier molecular flexibility index (Phi) is 4.83. The van der Waals surface area contributed by atoms with Gasteiger partial charge < -0.3 is 15.3 Å². The standard InChI is InChI=1S/C16H22N2O3/c1-3-15(19)17-12-6-7-14(13(9-12)16(20)21)18-8-4-5-11(2)10-18/h6-7,9,11H,3-5,8,10H2,1-2H3,(H,17,19)(H,20,21)/t11-/m1/s1. The van der Waals surface area contributed by atoms with Crippen LogP contribution >= 0.6 is 0 Å². The Morgan fingerprint density at radius 3 is 2.81 bits per heavy atom. The first-order valence-electron chi connectivity index (χ1n) is 7.43. The third-order valence-corrected chi connectivity index (χ3v) is 3.83. The molecule has 0 unspecified atom stereocenters. The number of carbonyl (C=O) groups is 2. The van der Waals surface area contributed by atoms with E-state index in [0.29, 0.717) is 18.0 Å². The number of aromatic carboxylic acids is 1. The highest BCUT2D eigenvalue weighted by atomic mass is 16.4. The monoisotopic (exact) mass is 290 g/mol.